The standard InChI is InChI=1S/C16H28O3/c1-13(2,3)18-15-7-8-17-12(15)16(10-11(16)9-15)19-14(4,5)6/h11-12H,7-10H2,1-6H3/t11-,12+,15-,16-/m1/s1. The van der Waals surface area contributed by atoms with Crippen LogP contribution in [0.15, 0.2) is 0 Å². The van der Waals surface area contributed by atoms with Crippen LogP contribution in [0.2, 0.25) is 0 Å². The molecule has 3 rings (SSSR count). The van der Waals surface area contributed by atoms with Crippen molar-refractivity contribution in [3.8, 4) is 0 Å². The Balaban J connectivity index is 1.83. The van der Waals surface area contributed by atoms with Gasteiger partial charge >= 0.3 is 0 Å². The van der Waals surface area contributed by atoms with Gasteiger partial charge in [0.25, 0.3) is 0 Å². The maximum Gasteiger partial charge on any atom is 0.116 e. The molecule has 2 saturated carbocycles. The zero-order valence-corrected chi connectivity index (χ0v) is 13.2. The molecule has 0 N–H and O–H groups in total. The summed E-state index contributed by atoms with van der Waals surface area (Å²) in [5, 5.41) is 0. The summed E-state index contributed by atoms with van der Waals surface area (Å²) in [4.78, 5) is 0. The van der Waals surface area contributed by atoms with Crippen molar-refractivity contribution in [3.63, 3.8) is 0 Å². The van der Waals surface area contributed by atoms with Crippen LogP contribution in [-0.4, -0.2) is 35.1 Å². The number of hydrogen-bond donors (Lipinski definition) is 0. The molecule has 0 radical (unpaired) electrons. The lowest BCUT2D eigenvalue weighted by molar-refractivity contribution is -0.194. The highest BCUT2D eigenvalue weighted by molar-refractivity contribution is 5.26. The molecule has 1 saturated heterocycles. The van der Waals surface area contributed by atoms with Crippen LogP contribution in [-0.2, 0) is 14.2 Å². The third-order valence-electron chi connectivity index (χ3n) is 4.43. The van der Waals surface area contributed by atoms with Gasteiger partial charge in [-0.1, -0.05) is 0 Å². The summed E-state index contributed by atoms with van der Waals surface area (Å²) in [5.74, 6) is 0.624. The van der Waals surface area contributed by atoms with E-state index >= 15 is 0 Å². The predicted molar refractivity (Wildman–Crippen MR) is 74.2 cm³/mol. The Hall–Kier alpha value is -0.120. The van der Waals surface area contributed by atoms with Gasteiger partial charge in [-0.05, 0) is 60.3 Å². The van der Waals surface area contributed by atoms with Crippen LogP contribution in [0.4, 0.5) is 0 Å². The minimum absolute atomic E-state index is 0.0694. The van der Waals surface area contributed by atoms with Crippen LogP contribution in [0.1, 0.15) is 60.8 Å². The molecule has 0 unspecified atom stereocenters. The Morgan fingerprint density at radius 2 is 1.58 bits per heavy atom. The Bertz CT molecular complexity index is 378. The smallest absolute Gasteiger partial charge is 0.116 e. The second kappa shape index (κ2) is 3.75. The molecule has 2 aliphatic carbocycles. The van der Waals surface area contributed by atoms with Crippen molar-refractivity contribution in [3.05, 3.63) is 0 Å². The fraction of sp³-hybridized carbons (Fsp3) is 1.00. The molecule has 1 aliphatic heterocycles. The van der Waals surface area contributed by atoms with Crippen molar-refractivity contribution >= 4 is 0 Å². The first-order valence-corrected chi connectivity index (χ1v) is 7.58. The van der Waals surface area contributed by atoms with Gasteiger partial charge in [-0.25, -0.2) is 0 Å². The highest BCUT2D eigenvalue weighted by atomic mass is 16.6. The SMILES string of the molecule is CC(C)(C)O[C@@]12CCO[C@@H]1[C@@]1(OC(C)(C)C)C[C@H]1C2. The van der Waals surface area contributed by atoms with Crippen molar-refractivity contribution in [2.24, 2.45) is 5.92 Å². The molecular formula is C16H28O3. The lowest BCUT2D eigenvalue weighted by atomic mass is 9.91. The van der Waals surface area contributed by atoms with Crippen LogP contribution in [0.5, 0.6) is 0 Å². The van der Waals surface area contributed by atoms with Gasteiger partial charge in [0.05, 0.1) is 17.8 Å². The third-order valence-corrected chi connectivity index (χ3v) is 4.43. The second-order valence-electron chi connectivity index (χ2n) is 8.55. The van der Waals surface area contributed by atoms with Crippen LogP contribution in [0.3, 0.4) is 0 Å². The number of fused-ring (bicyclic) bond motifs is 3. The first-order chi connectivity index (χ1) is 8.57. The van der Waals surface area contributed by atoms with Gasteiger partial charge in [0.1, 0.15) is 17.3 Å². The molecule has 1 heterocycles. The van der Waals surface area contributed by atoms with E-state index in [4.69, 9.17) is 14.2 Å². The van der Waals surface area contributed by atoms with E-state index in [2.05, 4.69) is 41.5 Å². The monoisotopic (exact) mass is 268 g/mol. The highest BCUT2D eigenvalue weighted by Crippen LogP contribution is 2.67. The van der Waals surface area contributed by atoms with Gasteiger partial charge < -0.3 is 14.2 Å². The summed E-state index contributed by atoms with van der Waals surface area (Å²) >= 11 is 0. The minimum atomic E-state index is -0.119. The molecule has 110 valence electrons. The van der Waals surface area contributed by atoms with E-state index in [1.807, 2.05) is 0 Å². The fourth-order valence-corrected chi connectivity index (χ4v) is 4.24. The molecule has 0 aromatic heterocycles. The third kappa shape index (κ3) is 2.24. The van der Waals surface area contributed by atoms with Gasteiger partial charge in [0.15, 0.2) is 0 Å². The van der Waals surface area contributed by atoms with Crippen molar-refractivity contribution in [2.45, 2.75) is 89.3 Å². The maximum atomic E-state index is 6.45. The molecule has 0 aromatic carbocycles. The van der Waals surface area contributed by atoms with Crippen molar-refractivity contribution in [1.29, 1.82) is 0 Å². The van der Waals surface area contributed by atoms with E-state index in [1.165, 1.54) is 0 Å². The van der Waals surface area contributed by atoms with Crippen LogP contribution in [0.25, 0.3) is 0 Å². The molecule has 0 aromatic rings. The molecule has 4 atom stereocenters. The summed E-state index contributed by atoms with van der Waals surface area (Å²) in [7, 11) is 0. The van der Waals surface area contributed by atoms with E-state index in [9.17, 15) is 0 Å². The first-order valence-electron chi connectivity index (χ1n) is 7.58. The maximum absolute atomic E-state index is 6.45. The van der Waals surface area contributed by atoms with Crippen LogP contribution < -0.4 is 0 Å². The van der Waals surface area contributed by atoms with Gasteiger partial charge in [0.2, 0.25) is 0 Å². The lowest BCUT2D eigenvalue weighted by Crippen LogP contribution is -2.50. The zero-order chi connectivity index (χ0) is 14.1. The summed E-state index contributed by atoms with van der Waals surface area (Å²) in [5.41, 5.74) is -0.406. The second-order valence-corrected chi connectivity index (χ2v) is 8.55. The van der Waals surface area contributed by atoms with E-state index in [-0.39, 0.29) is 28.5 Å². The Kier molecular flexibility index (Phi) is 2.73. The lowest BCUT2D eigenvalue weighted by Gasteiger charge is -2.40. The highest BCUT2D eigenvalue weighted by Gasteiger charge is 2.76. The quantitative estimate of drug-likeness (QED) is 0.769. The van der Waals surface area contributed by atoms with Crippen molar-refractivity contribution in [1.82, 2.24) is 0 Å². The summed E-state index contributed by atoms with van der Waals surface area (Å²) in [6.45, 7) is 13.6. The van der Waals surface area contributed by atoms with Crippen LogP contribution in [0, 0.1) is 5.92 Å². The molecule has 3 aliphatic rings. The van der Waals surface area contributed by atoms with Crippen LogP contribution >= 0.6 is 0 Å². The predicted octanol–water partition coefficient (Wildman–Crippen LogP) is 3.31. The average Bonchev–Trinajstić information content (AvgIpc) is 2.58. The summed E-state index contributed by atoms with van der Waals surface area (Å²) in [6.07, 6.45) is 3.39. The van der Waals surface area contributed by atoms with Gasteiger partial charge in [-0.3, -0.25) is 0 Å². The zero-order valence-electron chi connectivity index (χ0n) is 13.2. The van der Waals surface area contributed by atoms with E-state index in [1.54, 1.807) is 0 Å². The fourth-order valence-electron chi connectivity index (χ4n) is 4.24. The van der Waals surface area contributed by atoms with Gasteiger partial charge in [-0.2, -0.15) is 0 Å². The van der Waals surface area contributed by atoms with E-state index in [0.717, 1.165) is 25.9 Å². The molecule has 19 heavy (non-hydrogen) atoms. The molecule has 0 amide bonds. The number of hydrogen-bond acceptors (Lipinski definition) is 3. The Morgan fingerprint density at radius 1 is 0.947 bits per heavy atom. The summed E-state index contributed by atoms with van der Waals surface area (Å²) in [6, 6.07) is 0. The van der Waals surface area contributed by atoms with E-state index in [0.29, 0.717) is 5.92 Å². The van der Waals surface area contributed by atoms with Crippen molar-refractivity contribution < 1.29 is 14.2 Å². The molecule has 3 heteroatoms. The Morgan fingerprint density at radius 3 is 2.16 bits per heavy atom. The minimum Gasteiger partial charge on any atom is -0.372 e. The average molecular weight is 268 g/mol. The van der Waals surface area contributed by atoms with Crippen molar-refractivity contribution in [2.75, 3.05) is 6.61 Å². The Labute approximate surface area is 117 Å². The van der Waals surface area contributed by atoms with E-state index < -0.39 is 0 Å². The van der Waals surface area contributed by atoms with Gasteiger partial charge in [-0.15, -0.1) is 0 Å². The summed E-state index contributed by atoms with van der Waals surface area (Å²) < 4.78 is 18.9. The molecule has 0 bridgehead atoms. The first kappa shape index (κ1) is 13.8. The normalized spacial score (nSPS) is 45.2. The van der Waals surface area contributed by atoms with Gasteiger partial charge in [0, 0.05) is 6.42 Å². The molecule has 0 spiro atoms. The topological polar surface area (TPSA) is 27.7 Å². The number of ether oxygens (including phenoxy) is 3. The largest absolute Gasteiger partial charge is 0.372 e. The molecule has 3 fully saturated rings. The number of rotatable bonds is 2. The molecule has 3 nitrogen and oxygen atoms in total. The molecular weight excluding hydrogens is 240 g/mol.